The molecule has 0 spiro atoms. The van der Waals surface area contributed by atoms with Crippen LogP contribution in [0.4, 0.5) is 14.5 Å². The third kappa shape index (κ3) is 2.84. The number of hydrogen-bond donors (Lipinski definition) is 2. The Kier molecular flexibility index (Phi) is 4.28. The van der Waals surface area contributed by atoms with Gasteiger partial charge in [-0.1, -0.05) is 12.1 Å². The largest absolute Gasteiger partial charge is 0.272 e. The fraction of sp³-hybridized carbons (Fsp3) is 0.200. The van der Waals surface area contributed by atoms with Gasteiger partial charge in [0.1, 0.15) is 29.9 Å². The Morgan fingerprint density at radius 3 is 2.73 bits per heavy atom. The van der Waals surface area contributed by atoms with E-state index >= 15 is 0 Å². The molecule has 2 atom stereocenters. The standard InChI is InChI=1S/C20H16F2N6O2/c1-2-28-19(23-9-24-28)16-17-15-13(20(29)26-25-17)7-12(22)8-14(15)27-30-18(16)10-3-5-11(21)6-4-10/h3-9,16,18,27H,2H2,1H3,(H,26,29). The molecule has 2 aromatic carbocycles. The highest BCUT2D eigenvalue weighted by Crippen LogP contribution is 2.44. The minimum Gasteiger partial charge on any atom is -0.267 e. The Hall–Kier alpha value is -3.66. The molecular formula is C20H16F2N6O2. The predicted octanol–water partition coefficient (Wildman–Crippen LogP) is 3.04. The second-order valence-corrected chi connectivity index (χ2v) is 6.92. The second-order valence-electron chi connectivity index (χ2n) is 6.92. The molecule has 0 radical (unpaired) electrons. The van der Waals surface area contributed by atoms with Crippen LogP contribution in [0.1, 0.15) is 36.0 Å². The summed E-state index contributed by atoms with van der Waals surface area (Å²) in [6.07, 6.45) is 0.713. The van der Waals surface area contributed by atoms with Gasteiger partial charge in [-0.2, -0.15) is 10.2 Å². The quantitative estimate of drug-likeness (QED) is 0.539. The van der Waals surface area contributed by atoms with Gasteiger partial charge in [-0.15, -0.1) is 0 Å². The van der Waals surface area contributed by atoms with Gasteiger partial charge in [0.15, 0.2) is 0 Å². The molecule has 0 bridgehead atoms. The van der Waals surface area contributed by atoms with Gasteiger partial charge in [0.2, 0.25) is 0 Å². The number of aromatic nitrogens is 5. The number of nitrogens with zero attached hydrogens (tertiary/aromatic N) is 4. The summed E-state index contributed by atoms with van der Waals surface area (Å²) in [5.74, 6) is -1.05. The Bertz CT molecular complexity index is 1300. The lowest BCUT2D eigenvalue weighted by atomic mass is 9.89. The van der Waals surface area contributed by atoms with E-state index in [9.17, 15) is 13.6 Å². The van der Waals surface area contributed by atoms with Crippen molar-refractivity contribution >= 4 is 16.5 Å². The first-order valence-corrected chi connectivity index (χ1v) is 9.33. The van der Waals surface area contributed by atoms with E-state index in [0.29, 0.717) is 29.0 Å². The Labute approximate surface area is 168 Å². The summed E-state index contributed by atoms with van der Waals surface area (Å²) >= 11 is 0. The van der Waals surface area contributed by atoms with Crippen molar-refractivity contribution in [3.63, 3.8) is 0 Å². The van der Waals surface area contributed by atoms with Gasteiger partial charge in [0.05, 0.1) is 22.7 Å². The summed E-state index contributed by atoms with van der Waals surface area (Å²) in [6, 6.07) is 8.25. The first-order chi connectivity index (χ1) is 14.6. The summed E-state index contributed by atoms with van der Waals surface area (Å²) in [5, 5.41) is 11.6. The lowest BCUT2D eigenvalue weighted by Gasteiger charge is -2.24. The van der Waals surface area contributed by atoms with E-state index in [4.69, 9.17) is 4.84 Å². The molecule has 2 aromatic heterocycles. The number of aryl methyl sites for hydroxylation is 1. The molecule has 3 heterocycles. The van der Waals surface area contributed by atoms with Gasteiger partial charge in [-0.25, -0.2) is 23.5 Å². The van der Waals surface area contributed by atoms with Crippen molar-refractivity contribution in [2.24, 2.45) is 0 Å². The van der Waals surface area contributed by atoms with Crippen molar-refractivity contribution in [2.75, 3.05) is 5.48 Å². The number of anilines is 1. The zero-order valence-corrected chi connectivity index (χ0v) is 15.8. The van der Waals surface area contributed by atoms with Crippen LogP contribution in [-0.4, -0.2) is 25.0 Å². The Balaban J connectivity index is 1.82. The lowest BCUT2D eigenvalue weighted by Crippen LogP contribution is -2.23. The highest BCUT2D eigenvalue weighted by Gasteiger charge is 2.37. The average molecular weight is 410 g/mol. The molecule has 0 amide bonds. The molecule has 1 aliphatic heterocycles. The lowest BCUT2D eigenvalue weighted by molar-refractivity contribution is 0.0845. The summed E-state index contributed by atoms with van der Waals surface area (Å²) in [6.45, 7) is 2.46. The molecule has 0 saturated carbocycles. The minimum atomic E-state index is -0.711. The van der Waals surface area contributed by atoms with Crippen molar-refractivity contribution < 1.29 is 13.6 Å². The highest BCUT2D eigenvalue weighted by molar-refractivity contribution is 5.95. The maximum absolute atomic E-state index is 14.2. The van der Waals surface area contributed by atoms with Crippen LogP contribution in [0.25, 0.3) is 10.8 Å². The number of H-pyrrole nitrogens is 1. The number of rotatable bonds is 3. The first kappa shape index (κ1) is 18.4. The fourth-order valence-corrected chi connectivity index (χ4v) is 3.86. The monoisotopic (exact) mass is 410 g/mol. The van der Waals surface area contributed by atoms with Gasteiger partial charge in [-0.05, 0) is 36.8 Å². The Morgan fingerprint density at radius 2 is 1.97 bits per heavy atom. The predicted molar refractivity (Wildman–Crippen MR) is 104 cm³/mol. The molecule has 4 aromatic rings. The van der Waals surface area contributed by atoms with Crippen molar-refractivity contribution in [1.29, 1.82) is 0 Å². The van der Waals surface area contributed by atoms with E-state index in [1.165, 1.54) is 24.5 Å². The maximum Gasteiger partial charge on any atom is 0.272 e. The van der Waals surface area contributed by atoms with Crippen LogP contribution in [0.3, 0.4) is 0 Å². The van der Waals surface area contributed by atoms with Gasteiger partial charge in [-0.3, -0.25) is 15.1 Å². The summed E-state index contributed by atoms with van der Waals surface area (Å²) in [7, 11) is 0. The van der Waals surface area contributed by atoms with Gasteiger partial charge in [0.25, 0.3) is 5.56 Å². The van der Waals surface area contributed by atoms with E-state index in [0.717, 1.165) is 6.07 Å². The molecule has 0 saturated heterocycles. The number of benzene rings is 2. The summed E-state index contributed by atoms with van der Waals surface area (Å²) < 4.78 is 29.4. The average Bonchev–Trinajstić information content (AvgIpc) is 3.15. The third-order valence-electron chi connectivity index (χ3n) is 5.20. The molecule has 2 N–H and O–H groups in total. The molecule has 30 heavy (non-hydrogen) atoms. The van der Waals surface area contributed by atoms with E-state index in [1.54, 1.807) is 16.8 Å². The summed E-state index contributed by atoms with van der Waals surface area (Å²) in [4.78, 5) is 22.7. The highest BCUT2D eigenvalue weighted by atomic mass is 19.1. The van der Waals surface area contributed by atoms with Crippen LogP contribution in [-0.2, 0) is 11.4 Å². The van der Waals surface area contributed by atoms with Crippen molar-refractivity contribution in [2.45, 2.75) is 25.5 Å². The topological polar surface area (TPSA) is 97.7 Å². The normalized spacial score (nSPS) is 18.2. The third-order valence-corrected chi connectivity index (χ3v) is 5.20. The van der Waals surface area contributed by atoms with Crippen molar-refractivity contribution in [3.8, 4) is 0 Å². The zero-order valence-electron chi connectivity index (χ0n) is 15.8. The molecule has 5 rings (SSSR count). The van der Waals surface area contributed by atoms with Crippen LogP contribution in [0.2, 0.25) is 0 Å². The van der Waals surface area contributed by atoms with Crippen molar-refractivity contribution in [1.82, 2.24) is 25.0 Å². The number of nitrogens with one attached hydrogen (secondary N) is 2. The van der Waals surface area contributed by atoms with Crippen LogP contribution in [0, 0.1) is 11.6 Å². The molecule has 8 nitrogen and oxygen atoms in total. The maximum atomic E-state index is 14.2. The molecule has 0 fully saturated rings. The smallest absolute Gasteiger partial charge is 0.267 e. The zero-order chi connectivity index (χ0) is 20.8. The van der Waals surface area contributed by atoms with Crippen LogP contribution in [0.5, 0.6) is 0 Å². The van der Waals surface area contributed by atoms with E-state index in [1.807, 2.05) is 6.92 Å². The molecule has 0 aliphatic carbocycles. The Morgan fingerprint density at radius 1 is 1.17 bits per heavy atom. The molecule has 10 heteroatoms. The van der Waals surface area contributed by atoms with E-state index in [2.05, 4.69) is 25.8 Å². The van der Waals surface area contributed by atoms with Crippen LogP contribution in [0.15, 0.2) is 47.5 Å². The van der Waals surface area contributed by atoms with E-state index in [-0.39, 0.29) is 16.9 Å². The van der Waals surface area contributed by atoms with Crippen molar-refractivity contribution in [3.05, 3.63) is 81.8 Å². The number of halogens is 2. The summed E-state index contributed by atoms with van der Waals surface area (Å²) in [5.41, 5.74) is 3.61. The molecule has 152 valence electrons. The molecule has 1 aliphatic rings. The van der Waals surface area contributed by atoms with Gasteiger partial charge in [0, 0.05) is 11.9 Å². The van der Waals surface area contributed by atoms with E-state index < -0.39 is 23.4 Å². The minimum absolute atomic E-state index is 0.137. The number of aromatic amines is 1. The van der Waals surface area contributed by atoms with Crippen LogP contribution < -0.4 is 11.0 Å². The molecule has 2 unspecified atom stereocenters. The fourth-order valence-electron chi connectivity index (χ4n) is 3.86. The first-order valence-electron chi connectivity index (χ1n) is 9.33. The molecular weight excluding hydrogens is 394 g/mol. The SMILES string of the molecule is CCn1ncnc1C1c2n[nH]c(=O)c3cc(F)cc(c23)NOC1c1ccc(F)cc1. The van der Waals surface area contributed by atoms with Gasteiger partial charge >= 0.3 is 0 Å². The van der Waals surface area contributed by atoms with Crippen LogP contribution >= 0.6 is 0 Å². The second kappa shape index (κ2) is 6.99. The number of hydrogen-bond acceptors (Lipinski definition) is 6. The van der Waals surface area contributed by atoms with Gasteiger partial charge < -0.3 is 0 Å².